The van der Waals surface area contributed by atoms with Crippen molar-refractivity contribution in [3.8, 4) is 0 Å². The van der Waals surface area contributed by atoms with Gasteiger partial charge in [0, 0.05) is 13.1 Å². The lowest BCUT2D eigenvalue weighted by Crippen LogP contribution is -2.37. The number of carbonyl (C=O) groups excluding carboxylic acids is 1. The fourth-order valence-electron chi connectivity index (χ4n) is 2.54. The number of rotatable bonds is 3. The van der Waals surface area contributed by atoms with Gasteiger partial charge in [-0.25, -0.2) is 0 Å². The maximum absolute atomic E-state index is 12.1. The zero-order chi connectivity index (χ0) is 15.5. The first-order valence-corrected chi connectivity index (χ1v) is 7.42. The fourth-order valence-corrected chi connectivity index (χ4v) is 2.54. The van der Waals surface area contributed by atoms with Crippen molar-refractivity contribution in [1.29, 1.82) is 0 Å². The van der Waals surface area contributed by atoms with Gasteiger partial charge in [-0.15, -0.1) is 0 Å². The first-order valence-electron chi connectivity index (χ1n) is 7.42. The van der Waals surface area contributed by atoms with Gasteiger partial charge in [0.1, 0.15) is 0 Å². The second kappa shape index (κ2) is 6.31. The molecule has 3 N–H and O–H groups in total. The molecule has 1 aromatic rings. The maximum atomic E-state index is 12.1. The number of anilines is 2. The van der Waals surface area contributed by atoms with E-state index >= 15 is 0 Å². The molecule has 0 radical (unpaired) electrons. The van der Waals surface area contributed by atoms with Gasteiger partial charge in [-0.3, -0.25) is 9.69 Å². The Balaban J connectivity index is 1.88. The third-order valence-corrected chi connectivity index (χ3v) is 3.86. The van der Waals surface area contributed by atoms with Gasteiger partial charge in [0.2, 0.25) is 5.91 Å². The number of nitrogens with two attached hydrogens (primary N) is 1. The number of benzene rings is 1. The molecule has 1 aliphatic rings. The van der Waals surface area contributed by atoms with Crippen LogP contribution in [0.2, 0.25) is 0 Å². The fraction of sp³-hybridized carbons (Fsp3) is 0.471. The Hall–Kier alpha value is -1.81. The van der Waals surface area contributed by atoms with Gasteiger partial charge >= 0.3 is 0 Å². The lowest BCUT2D eigenvalue weighted by molar-refractivity contribution is -0.117. The maximum Gasteiger partial charge on any atom is 0.238 e. The molecule has 0 saturated heterocycles. The first kappa shape index (κ1) is 15.6. The van der Waals surface area contributed by atoms with E-state index in [2.05, 4.69) is 37.1 Å². The van der Waals surface area contributed by atoms with Crippen LogP contribution in [0.5, 0.6) is 0 Å². The van der Waals surface area contributed by atoms with E-state index in [4.69, 9.17) is 5.73 Å². The Morgan fingerprint density at radius 2 is 2.05 bits per heavy atom. The van der Waals surface area contributed by atoms with Gasteiger partial charge in [-0.05, 0) is 24.0 Å². The highest BCUT2D eigenvalue weighted by Gasteiger charge is 2.22. The van der Waals surface area contributed by atoms with Crippen molar-refractivity contribution in [2.45, 2.75) is 27.2 Å². The second-order valence-electron chi connectivity index (χ2n) is 6.60. The van der Waals surface area contributed by atoms with Crippen molar-refractivity contribution in [1.82, 2.24) is 4.90 Å². The lowest BCUT2D eigenvalue weighted by atomic mass is 9.83. The molecule has 0 aromatic heterocycles. The minimum atomic E-state index is -0.0134. The number of nitrogen functional groups attached to an aromatic ring is 1. The van der Waals surface area contributed by atoms with E-state index < -0.39 is 0 Å². The van der Waals surface area contributed by atoms with Crippen molar-refractivity contribution in [3.63, 3.8) is 0 Å². The molecular weight excluding hydrogens is 262 g/mol. The van der Waals surface area contributed by atoms with E-state index in [1.165, 1.54) is 5.57 Å². The summed E-state index contributed by atoms with van der Waals surface area (Å²) in [7, 11) is 0. The van der Waals surface area contributed by atoms with E-state index in [0.717, 1.165) is 19.5 Å². The smallest absolute Gasteiger partial charge is 0.238 e. The average molecular weight is 287 g/mol. The molecular formula is C17H25N3O. The number of nitrogens with one attached hydrogen (secondary N) is 1. The number of carbonyl (C=O) groups is 1. The van der Waals surface area contributed by atoms with Crippen LogP contribution in [-0.2, 0) is 4.79 Å². The van der Waals surface area contributed by atoms with Crippen LogP contribution in [0.25, 0.3) is 0 Å². The molecule has 1 amide bonds. The molecule has 0 atom stereocenters. The minimum absolute atomic E-state index is 0.0134. The molecule has 114 valence electrons. The molecule has 0 saturated carbocycles. The van der Waals surface area contributed by atoms with Crippen molar-refractivity contribution in [2.24, 2.45) is 5.41 Å². The highest BCUT2D eigenvalue weighted by atomic mass is 16.2. The number of nitrogens with zero attached hydrogens (tertiary/aromatic N) is 1. The predicted octanol–water partition coefficient (Wildman–Crippen LogP) is 2.89. The molecule has 4 nitrogen and oxygen atoms in total. The summed E-state index contributed by atoms with van der Waals surface area (Å²) in [5.41, 5.74) is 8.82. The number of hydrogen-bond acceptors (Lipinski definition) is 3. The van der Waals surface area contributed by atoms with Crippen LogP contribution in [0.3, 0.4) is 0 Å². The Kier molecular flexibility index (Phi) is 4.68. The summed E-state index contributed by atoms with van der Waals surface area (Å²) in [6.07, 6.45) is 3.29. The summed E-state index contributed by atoms with van der Waals surface area (Å²) in [5, 5.41) is 2.87. The highest BCUT2D eigenvalue weighted by Crippen LogP contribution is 2.29. The Bertz CT molecular complexity index is 543. The number of hydrogen-bond donors (Lipinski definition) is 2. The SMILES string of the molecule is CC(C)(C)C1=CCN(CC(=O)Nc2ccccc2N)CC1. The molecule has 2 rings (SSSR count). The second-order valence-corrected chi connectivity index (χ2v) is 6.60. The molecule has 0 fully saturated rings. The van der Waals surface area contributed by atoms with Gasteiger partial charge < -0.3 is 11.1 Å². The molecule has 1 aromatic carbocycles. The van der Waals surface area contributed by atoms with E-state index in [0.29, 0.717) is 17.9 Å². The molecule has 4 heteroatoms. The normalized spacial score (nSPS) is 16.4. The highest BCUT2D eigenvalue weighted by molar-refractivity contribution is 5.95. The van der Waals surface area contributed by atoms with Crippen molar-refractivity contribution < 1.29 is 4.79 Å². The van der Waals surface area contributed by atoms with Crippen LogP contribution < -0.4 is 11.1 Å². The summed E-state index contributed by atoms with van der Waals surface area (Å²) in [4.78, 5) is 14.2. The molecule has 0 unspecified atom stereocenters. The molecule has 21 heavy (non-hydrogen) atoms. The molecule has 0 aliphatic carbocycles. The molecule has 0 spiro atoms. The summed E-state index contributed by atoms with van der Waals surface area (Å²) in [6, 6.07) is 7.33. The van der Waals surface area contributed by atoms with Crippen LogP contribution in [0.15, 0.2) is 35.9 Å². The Morgan fingerprint density at radius 1 is 1.33 bits per heavy atom. The summed E-state index contributed by atoms with van der Waals surface area (Å²) in [6.45, 7) is 8.88. The van der Waals surface area contributed by atoms with Crippen molar-refractivity contribution >= 4 is 17.3 Å². The predicted molar refractivity (Wildman–Crippen MR) is 88.1 cm³/mol. The van der Waals surface area contributed by atoms with E-state index in [-0.39, 0.29) is 11.3 Å². The van der Waals surface area contributed by atoms with Crippen LogP contribution in [0.1, 0.15) is 27.2 Å². The standard InChI is InChI=1S/C17H25N3O/c1-17(2,3)13-8-10-20(11-9-13)12-16(21)19-15-7-5-4-6-14(15)18/h4-8H,9-12,18H2,1-3H3,(H,19,21). The monoisotopic (exact) mass is 287 g/mol. The van der Waals surface area contributed by atoms with Crippen molar-refractivity contribution in [2.75, 3.05) is 30.7 Å². The number of para-hydroxylation sites is 2. The van der Waals surface area contributed by atoms with E-state index in [1.807, 2.05) is 18.2 Å². The van der Waals surface area contributed by atoms with Crippen LogP contribution in [0.4, 0.5) is 11.4 Å². The first-order chi connectivity index (χ1) is 9.86. The zero-order valence-corrected chi connectivity index (χ0v) is 13.1. The number of amides is 1. The summed E-state index contributed by atoms with van der Waals surface area (Å²) in [5.74, 6) is -0.0134. The molecule has 0 bridgehead atoms. The van der Waals surface area contributed by atoms with Gasteiger partial charge in [0.25, 0.3) is 0 Å². The third kappa shape index (κ3) is 4.33. The van der Waals surface area contributed by atoms with Gasteiger partial charge in [0.15, 0.2) is 0 Å². The van der Waals surface area contributed by atoms with Gasteiger partial charge in [0.05, 0.1) is 17.9 Å². The minimum Gasteiger partial charge on any atom is -0.397 e. The average Bonchev–Trinajstić information content (AvgIpc) is 2.41. The Labute approximate surface area is 127 Å². The van der Waals surface area contributed by atoms with E-state index in [1.54, 1.807) is 6.07 Å². The summed E-state index contributed by atoms with van der Waals surface area (Å²) >= 11 is 0. The Morgan fingerprint density at radius 3 is 2.62 bits per heavy atom. The van der Waals surface area contributed by atoms with Crippen LogP contribution in [0, 0.1) is 5.41 Å². The summed E-state index contributed by atoms with van der Waals surface area (Å²) < 4.78 is 0. The van der Waals surface area contributed by atoms with Crippen LogP contribution in [-0.4, -0.2) is 30.4 Å². The zero-order valence-electron chi connectivity index (χ0n) is 13.1. The van der Waals surface area contributed by atoms with Crippen molar-refractivity contribution in [3.05, 3.63) is 35.9 Å². The molecule has 1 heterocycles. The van der Waals surface area contributed by atoms with Gasteiger partial charge in [-0.2, -0.15) is 0 Å². The largest absolute Gasteiger partial charge is 0.397 e. The molecule has 1 aliphatic heterocycles. The quantitative estimate of drug-likeness (QED) is 0.664. The van der Waals surface area contributed by atoms with Crippen LogP contribution >= 0.6 is 0 Å². The third-order valence-electron chi connectivity index (χ3n) is 3.86. The van der Waals surface area contributed by atoms with E-state index in [9.17, 15) is 4.79 Å². The van der Waals surface area contributed by atoms with Gasteiger partial charge in [-0.1, -0.05) is 44.6 Å². The topological polar surface area (TPSA) is 58.4 Å². The lowest BCUT2D eigenvalue weighted by Gasteiger charge is -2.31.